The number of carbonyl (C=O) groups excluding carboxylic acids is 1. The van der Waals surface area contributed by atoms with Crippen LogP contribution in [-0.2, 0) is 11.3 Å². The molecule has 8 heteroatoms. The normalized spacial score (nSPS) is 11.5. The first-order valence-corrected chi connectivity index (χ1v) is 7.23. The number of aromatic nitrogens is 1. The summed E-state index contributed by atoms with van der Waals surface area (Å²) in [6.07, 6.45) is -4.48. The molecule has 1 aromatic carbocycles. The molecule has 1 amide bonds. The Labute approximate surface area is 128 Å². The van der Waals surface area contributed by atoms with Gasteiger partial charge in [0.25, 0.3) is 0 Å². The molecule has 22 heavy (non-hydrogen) atoms. The molecule has 4 nitrogen and oxygen atoms in total. The third-order valence-electron chi connectivity index (χ3n) is 2.99. The number of halogens is 3. The van der Waals surface area contributed by atoms with Gasteiger partial charge in [0.15, 0.2) is 0 Å². The highest BCUT2D eigenvalue weighted by molar-refractivity contribution is 7.07. The predicted molar refractivity (Wildman–Crippen MR) is 77.8 cm³/mol. The minimum Gasteiger partial charge on any atom is -0.345 e. The van der Waals surface area contributed by atoms with Gasteiger partial charge in [-0.2, -0.15) is 13.2 Å². The smallest absolute Gasteiger partial charge is 0.345 e. The van der Waals surface area contributed by atoms with Crippen LogP contribution in [0.15, 0.2) is 34.4 Å². The molecule has 1 N–H and O–H groups in total. The number of hydrogen-bond acceptors (Lipinski definition) is 3. The highest BCUT2D eigenvalue weighted by Gasteiger charge is 2.27. The van der Waals surface area contributed by atoms with Gasteiger partial charge < -0.3 is 5.32 Å². The van der Waals surface area contributed by atoms with Crippen LogP contribution in [0.25, 0.3) is 11.3 Å². The van der Waals surface area contributed by atoms with Gasteiger partial charge in [-0.25, -0.2) is 0 Å². The van der Waals surface area contributed by atoms with Crippen LogP contribution in [0.3, 0.4) is 0 Å². The summed E-state index contributed by atoms with van der Waals surface area (Å²) in [5, 5.41) is 3.36. The van der Waals surface area contributed by atoms with Crippen LogP contribution in [0.1, 0.15) is 5.56 Å². The first-order chi connectivity index (χ1) is 10.3. The standard InChI is InChI=1S/C14H13F3N2O2S/c1-9-4-2-3-5-10(9)11-7-22-13(21)19(11)6-12(20)18-8-14(15,16)17/h2-5,7H,6,8H2,1H3,(H,18,20). The number of alkyl halides is 3. The van der Waals surface area contributed by atoms with Crippen LogP contribution in [-0.4, -0.2) is 23.2 Å². The number of nitrogens with one attached hydrogen (secondary N) is 1. The minimum absolute atomic E-state index is 0.389. The van der Waals surface area contributed by atoms with Crippen molar-refractivity contribution in [1.82, 2.24) is 9.88 Å². The predicted octanol–water partition coefficient (Wildman–Crippen LogP) is 2.56. The Hall–Kier alpha value is -2.09. The van der Waals surface area contributed by atoms with E-state index in [0.29, 0.717) is 5.69 Å². The number of hydrogen-bond donors (Lipinski definition) is 1. The van der Waals surface area contributed by atoms with Crippen molar-refractivity contribution in [1.29, 1.82) is 0 Å². The Kier molecular flexibility index (Phi) is 4.70. The zero-order valence-electron chi connectivity index (χ0n) is 11.6. The Morgan fingerprint density at radius 1 is 1.32 bits per heavy atom. The van der Waals surface area contributed by atoms with Crippen molar-refractivity contribution in [2.75, 3.05) is 6.54 Å². The fourth-order valence-electron chi connectivity index (χ4n) is 1.95. The second kappa shape index (κ2) is 6.35. The average molecular weight is 330 g/mol. The minimum atomic E-state index is -4.48. The molecule has 0 aliphatic heterocycles. The van der Waals surface area contributed by atoms with Gasteiger partial charge in [-0.3, -0.25) is 14.2 Å². The lowest BCUT2D eigenvalue weighted by Crippen LogP contribution is -2.37. The fourth-order valence-corrected chi connectivity index (χ4v) is 2.71. The number of thiazole rings is 1. The van der Waals surface area contributed by atoms with Crippen molar-refractivity contribution in [2.45, 2.75) is 19.6 Å². The highest BCUT2D eigenvalue weighted by Crippen LogP contribution is 2.23. The summed E-state index contributed by atoms with van der Waals surface area (Å²) in [5.41, 5.74) is 2.20. The third-order valence-corrected chi connectivity index (χ3v) is 3.75. The molecule has 118 valence electrons. The van der Waals surface area contributed by atoms with Gasteiger partial charge in [0.1, 0.15) is 13.1 Å². The average Bonchev–Trinajstić information content (AvgIpc) is 2.78. The topological polar surface area (TPSA) is 51.1 Å². The number of benzene rings is 1. The maximum absolute atomic E-state index is 12.1. The van der Waals surface area contributed by atoms with Crippen molar-refractivity contribution in [2.24, 2.45) is 0 Å². The molecule has 2 rings (SSSR count). The summed E-state index contributed by atoms with van der Waals surface area (Å²) in [4.78, 5) is 23.1. The molecule has 1 heterocycles. The van der Waals surface area contributed by atoms with Gasteiger partial charge in [-0.15, -0.1) is 0 Å². The van der Waals surface area contributed by atoms with Crippen molar-refractivity contribution in [3.8, 4) is 11.3 Å². The molecule has 0 unspecified atom stereocenters. The summed E-state index contributed by atoms with van der Waals surface area (Å²) in [6.45, 7) is -0.00194. The summed E-state index contributed by atoms with van der Waals surface area (Å²) < 4.78 is 37.4. The molecule has 0 spiro atoms. The van der Waals surface area contributed by atoms with Crippen molar-refractivity contribution in [3.05, 3.63) is 44.9 Å². The Bertz CT molecular complexity index is 734. The zero-order valence-corrected chi connectivity index (χ0v) is 12.4. The van der Waals surface area contributed by atoms with Gasteiger partial charge in [0, 0.05) is 10.9 Å². The van der Waals surface area contributed by atoms with E-state index in [-0.39, 0.29) is 4.87 Å². The third kappa shape index (κ3) is 3.97. The van der Waals surface area contributed by atoms with E-state index in [2.05, 4.69) is 0 Å². The van der Waals surface area contributed by atoms with E-state index < -0.39 is 25.2 Å². The lowest BCUT2D eigenvalue weighted by Gasteiger charge is -2.11. The molecule has 0 saturated heterocycles. The molecular formula is C14H13F3N2O2S. The Balaban J connectivity index is 2.23. The first-order valence-electron chi connectivity index (χ1n) is 6.36. The molecule has 0 bridgehead atoms. The number of nitrogens with zero attached hydrogens (tertiary/aromatic N) is 1. The SMILES string of the molecule is Cc1ccccc1-c1csc(=O)n1CC(=O)NCC(F)(F)F. The summed E-state index contributed by atoms with van der Waals surface area (Å²) >= 11 is 0.905. The van der Waals surface area contributed by atoms with Gasteiger partial charge in [0.2, 0.25) is 5.91 Å². The Morgan fingerprint density at radius 3 is 2.64 bits per heavy atom. The fraction of sp³-hybridized carbons (Fsp3) is 0.286. The van der Waals surface area contributed by atoms with Gasteiger partial charge >= 0.3 is 11.0 Å². The number of carbonyl (C=O) groups is 1. The molecule has 0 radical (unpaired) electrons. The van der Waals surface area contributed by atoms with Gasteiger partial charge in [-0.05, 0) is 12.5 Å². The molecule has 0 saturated carbocycles. The summed E-state index contributed by atoms with van der Waals surface area (Å²) in [5.74, 6) is -0.854. The van der Waals surface area contributed by atoms with Gasteiger partial charge in [-0.1, -0.05) is 35.6 Å². The van der Waals surface area contributed by atoms with E-state index in [1.165, 1.54) is 4.57 Å². The van der Waals surface area contributed by atoms with Crippen molar-refractivity contribution < 1.29 is 18.0 Å². The maximum atomic E-state index is 12.1. The number of amides is 1. The van der Waals surface area contributed by atoms with Crippen LogP contribution >= 0.6 is 11.3 Å². The summed E-state index contributed by atoms with van der Waals surface area (Å²) in [7, 11) is 0. The quantitative estimate of drug-likeness (QED) is 0.937. The van der Waals surface area contributed by atoms with E-state index in [4.69, 9.17) is 0 Å². The molecule has 0 aliphatic carbocycles. The molecule has 0 aliphatic rings. The van der Waals surface area contributed by atoms with Crippen LogP contribution in [0, 0.1) is 6.92 Å². The van der Waals surface area contributed by atoms with Gasteiger partial charge in [0.05, 0.1) is 5.69 Å². The zero-order chi connectivity index (χ0) is 16.3. The molecule has 1 aromatic heterocycles. The van der Waals surface area contributed by atoms with Crippen molar-refractivity contribution in [3.63, 3.8) is 0 Å². The highest BCUT2D eigenvalue weighted by atomic mass is 32.1. The van der Waals surface area contributed by atoms with Crippen LogP contribution in [0.2, 0.25) is 0 Å². The van der Waals surface area contributed by atoms with E-state index >= 15 is 0 Å². The largest absolute Gasteiger partial charge is 0.405 e. The number of rotatable bonds is 4. The maximum Gasteiger partial charge on any atom is 0.405 e. The molecular weight excluding hydrogens is 317 g/mol. The summed E-state index contributed by atoms with van der Waals surface area (Å²) in [6, 6.07) is 7.27. The van der Waals surface area contributed by atoms with Crippen LogP contribution in [0.5, 0.6) is 0 Å². The second-order valence-electron chi connectivity index (χ2n) is 4.68. The van der Waals surface area contributed by atoms with Crippen LogP contribution < -0.4 is 10.2 Å². The molecule has 2 aromatic rings. The lowest BCUT2D eigenvalue weighted by molar-refractivity contribution is -0.138. The second-order valence-corrected chi connectivity index (χ2v) is 5.50. The molecule has 0 fully saturated rings. The first kappa shape index (κ1) is 16.3. The van der Waals surface area contributed by atoms with Crippen molar-refractivity contribution >= 4 is 17.2 Å². The monoisotopic (exact) mass is 330 g/mol. The number of aryl methyl sites for hydroxylation is 1. The molecule has 0 atom stereocenters. The lowest BCUT2D eigenvalue weighted by atomic mass is 10.1. The van der Waals surface area contributed by atoms with E-state index in [9.17, 15) is 22.8 Å². The Morgan fingerprint density at radius 2 is 2.00 bits per heavy atom. The van der Waals surface area contributed by atoms with Crippen LogP contribution in [0.4, 0.5) is 13.2 Å². The van der Waals surface area contributed by atoms with E-state index in [0.717, 1.165) is 22.5 Å². The van der Waals surface area contributed by atoms with E-state index in [1.807, 2.05) is 19.1 Å². The van der Waals surface area contributed by atoms with E-state index in [1.54, 1.807) is 22.8 Å².